The highest BCUT2D eigenvalue weighted by molar-refractivity contribution is 7.12. The van der Waals surface area contributed by atoms with Crippen molar-refractivity contribution in [2.24, 2.45) is 0 Å². The van der Waals surface area contributed by atoms with E-state index in [1.54, 1.807) is 7.11 Å². The summed E-state index contributed by atoms with van der Waals surface area (Å²) in [7, 11) is 1.62. The lowest BCUT2D eigenvalue weighted by Crippen LogP contribution is -2.07. The van der Waals surface area contributed by atoms with Crippen molar-refractivity contribution in [1.29, 1.82) is 0 Å². The van der Waals surface area contributed by atoms with Gasteiger partial charge >= 0.3 is 0 Å². The monoisotopic (exact) mass is 309 g/mol. The lowest BCUT2D eigenvalue weighted by molar-refractivity contribution is 0.415. The third kappa shape index (κ3) is 3.68. The molecule has 1 heterocycles. The first-order chi connectivity index (χ1) is 9.40. The maximum Gasteiger partial charge on any atom is 0.137 e. The lowest BCUT2D eigenvalue weighted by Gasteiger charge is -2.15. The molecular weight excluding hydrogens is 290 g/mol. The molecule has 0 bridgehead atoms. The topological polar surface area (TPSA) is 21.3 Å². The van der Waals surface area contributed by atoms with Gasteiger partial charge in [-0.15, -0.1) is 11.3 Å². The summed E-state index contributed by atoms with van der Waals surface area (Å²) in [6, 6.07) is 10.1. The van der Waals surface area contributed by atoms with Gasteiger partial charge in [-0.1, -0.05) is 32.4 Å². The third-order valence-electron chi connectivity index (χ3n) is 3.02. The molecule has 0 radical (unpaired) electrons. The minimum Gasteiger partial charge on any atom is -0.495 e. The number of hydrogen-bond acceptors (Lipinski definition) is 3. The van der Waals surface area contributed by atoms with Gasteiger partial charge in [-0.25, -0.2) is 0 Å². The van der Waals surface area contributed by atoms with Crippen LogP contribution in [0.25, 0.3) is 0 Å². The van der Waals surface area contributed by atoms with E-state index in [1.807, 2.05) is 29.5 Å². The maximum atomic E-state index is 6.11. The van der Waals surface area contributed by atoms with Gasteiger partial charge < -0.3 is 10.1 Å². The minimum atomic E-state index is 0.215. The van der Waals surface area contributed by atoms with Crippen LogP contribution in [-0.4, -0.2) is 7.11 Å². The first-order valence-electron chi connectivity index (χ1n) is 6.57. The predicted octanol–water partition coefficient (Wildman–Crippen LogP) is 5.32. The van der Waals surface area contributed by atoms with Gasteiger partial charge in [-0.2, -0.15) is 0 Å². The highest BCUT2D eigenvalue weighted by Crippen LogP contribution is 2.31. The Balaban J connectivity index is 2.02. The van der Waals surface area contributed by atoms with Crippen LogP contribution in [0.2, 0.25) is 5.02 Å². The van der Waals surface area contributed by atoms with Crippen LogP contribution in [-0.2, 0) is 12.0 Å². The SMILES string of the molecule is COc1ccc(NCc2ccc(C(C)(C)C)s2)cc1Cl. The maximum absolute atomic E-state index is 6.11. The number of ether oxygens (including phenoxy) is 1. The van der Waals surface area contributed by atoms with Crippen LogP contribution in [0.4, 0.5) is 5.69 Å². The Hall–Kier alpha value is -1.19. The Morgan fingerprint density at radius 1 is 1.20 bits per heavy atom. The predicted molar refractivity (Wildman–Crippen MR) is 88.3 cm³/mol. The van der Waals surface area contributed by atoms with Gasteiger partial charge in [0.15, 0.2) is 0 Å². The zero-order valence-corrected chi connectivity index (χ0v) is 13.9. The summed E-state index contributed by atoms with van der Waals surface area (Å²) in [4.78, 5) is 2.73. The van der Waals surface area contributed by atoms with Gasteiger partial charge in [0.2, 0.25) is 0 Å². The molecule has 20 heavy (non-hydrogen) atoms. The van der Waals surface area contributed by atoms with Crippen molar-refractivity contribution in [3.63, 3.8) is 0 Å². The van der Waals surface area contributed by atoms with Crippen LogP contribution >= 0.6 is 22.9 Å². The standard InChI is InChI=1S/C16H20ClNOS/c1-16(2,3)15-8-6-12(20-15)10-18-11-5-7-14(19-4)13(17)9-11/h5-9,18H,10H2,1-4H3. The largest absolute Gasteiger partial charge is 0.495 e. The number of halogens is 1. The molecule has 0 unspecified atom stereocenters. The van der Waals surface area contributed by atoms with E-state index in [2.05, 4.69) is 38.2 Å². The van der Waals surface area contributed by atoms with E-state index in [0.717, 1.165) is 12.2 Å². The minimum absolute atomic E-state index is 0.215. The zero-order chi connectivity index (χ0) is 14.8. The van der Waals surface area contributed by atoms with Crippen molar-refractivity contribution in [3.05, 3.63) is 45.1 Å². The molecule has 0 fully saturated rings. The first kappa shape index (κ1) is 15.2. The number of nitrogens with one attached hydrogen (secondary N) is 1. The molecule has 2 rings (SSSR count). The number of methoxy groups -OCH3 is 1. The first-order valence-corrected chi connectivity index (χ1v) is 7.76. The summed E-state index contributed by atoms with van der Waals surface area (Å²) in [5, 5.41) is 4.01. The summed E-state index contributed by atoms with van der Waals surface area (Å²) in [5.41, 5.74) is 1.22. The molecular formula is C16H20ClNOS. The molecule has 0 aliphatic heterocycles. The zero-order valence-electron chi connectivity index (χ0n) is 12.3. The number of thiophene rings is 1. The molecule has 2 nitrogen and oxygen atoms in total. The van der Waals surface area contributed by atoms with Gasteiger partial charge in [0.1, 0.15) is 5.75 Å². The molecule has 108 valence electrons. The van der Waals surface area contributed by atoms with Gasteiger partial charge in [0, 0.05) is 22.0 Å². The van der Waals surface area contributed by atoms with Gasteiger partial charge in [-0.05, 0) is 35.7 Å². The van der Waals surface area contributed by atoms with Gasteiger partial charge in [0.05, 0.1) is 12.1 Å². The molecule has 0 aliphatic carbocycles. The second kappa shape index (κ2) is 6.06. The van der Waals surface area contributed by atoms with Crippen molar-refractivity contribution in [2.75, 3.05) is 12.4 Å². The van der Waals surface area contributed by atoms with Crippen molar-refractivity contribution >= 4 is 28.6 Å². The second-order valence-corrected chi connectivity index (χ2v) is 7.29. The Morgan fingerprint density at radius 3 is 2.50 bits per heavy atom. The van der Waals surface area contributed by atoms with E-state index in [9.17, 15) is 0 Å². The van der Waals surface area contributed by atoms with E-state index < -0.39 is 0 Å². The normalized spacial score (nSPS) is 11.4. The Morgan fingerprint density at radius 2 is 1.95 bits per heavy atom. The highest BCUT2D eigenvalue weighted by Gasteiger charge is 2.15. The van der Waals surface area contributed by atoms with Gasteiger partial charge in [-0.3, -0.25) is 0 Å². The average molecular weight is 310 g/mol. The van der Waals surface area contributed by atoms with Crippen LogP contribution in [0, 0.1) is 0 Å². The Kier molecular flexibility index (Phi) is 4.61. The van der Waals surface area contributed by atoms with Crippen molar-refractivity contribution in [1.82, 2.24) is 0 Å². The third-order valence-corrected chi connectivity index (χ3v) is 4.83. The van der Waals surface area contributed by atoms with Crippen LogP contribution in [0.1, 0.15) is 30.5 Å². The van der Waals surface area contributed by atoms with E-state index in [4.69, 9.17) is 16.3 Å². The average Bonchev–Trinajstić information content (AvgIpc) is 2.85. The molecule has 1 N–H and O–H groups in total. The number of anilines is 1. The molecule has 0 spiro atoms. The van der Waals surface area contributed by atoms with Crippen molar-refractivity contribution in [3.8, 4) is 5.75 Å². The number of benzene rings is 1. The Bertz CT molecular complexity index is 586. The van der Waals surface area contributed by atoms with E-state index in [1.165, 1.54) is 9.75 Å². The summed E-state index contributed by atoms with van der Waals surface area (Å²) in [5.74, 6) is 0.698. The summed E-state index contributed by atoms with van der Waals surface area (Å²) >= 11 is 7.96. The van der Waals surface area contributed by atoms with Crippen molar-refractivity contribution < 1.29 is 4.74 Å². The molecule has 0 atom stereocenters. The molecule has 1 aromatic heterocycles. The van der Waals surface area contributed by atoms with E-state index in [0.29, 0.717) is 10.8 Å². The molecule has 0 aliphatic rings. The van der Waals surface area contributed by atoms with Crippen LogP contribution in [0.3, 0.4) is 0 Å². The second-order valence-electron chi connectivity index (χ2n) is 5.72. The van der Waals surface area contributed by atoms with Crippen LogP contribution < -0.4 is 10.1 Å². The number of hydrogen-bond donors (Lipinski definition) is 1. The molecule has 0 saturated heterocycles. The van der Waals surface area contributed by atoms with E-state index >= 15 is 0 Å². The smallest absolute Gasteiger partial charge is 0.137 e. The molecule has 4 heteroatoms. The fraction of sp³-hybridized carbons (Fsp3) is 0.375. The molecule has 0 saturated carbocycles. The quantitative estimate of drug-likeness (QED) is 0.825. The fourth-order valence-electron chi connectivity index (χ4n) is 1.84. The molecule has 2 aromatic rings. The Labute approximate surface area is 129 Å². The van der Waals surface area contributed by atoms with Crippen LogP contribution in [0.5, 0.6) is 5.75 Å². The molecule has 1 aromatic carbocycles. The molecule has 0 amide bonds. The van der Waals surface area contributed by atoms with Crippen molar-refractivity contribution in [2.45, 2.75) is 32.7 Å². The fourth-order valence-corrected chi connectivity index (χ4v) is 3.10. The van der Waals surface area contributed by atoms with E-state index in [-0.39, 0.29) is 5.41 Å². The summed E-state index contributed by atoms with van der Waals surface area (Å²) in [6.07, 6.45) is 0. The summed E-state index contributed by atoms with van der Waals surface area (Å²) in [6.45, 7) is 7.52. The van der Waals surface area contributed by atoms with Crippen LogP contribution in [0.15, 0.2) is 30.3 Å². The number of rotatable bonds is 4. The van der Waals surface area contributed by atoms with Gasteiger partial charge in [0.25, 0.3) is 0 Å². The lowest BCUT2D eigenvalue weighted by atomic mass is 9.95. The highest BCUT2D eigenvalue weighted by atomic mass is 35.5. The summed E-state index contributed by atoms with van der Waals surface area (Å²) < 4.78 is 5.15.